The summed E-state index contributed by atoms with van der Waals surface area (Å²) in [5.41, 5.74) is 5.50. The lowest BCUT2D eigenvalue weighted by molar-refractivity contribution is -0.0444. The van der Waals surface area contributed by atoms with Crippen molar-refractivity contribution < 1.29 is 9.26 Å². The molecule has 0 aromatic carbocycles. The standard InChI is InChI=1S/C9H14N2O2/c10-5-7-3-9(4-7)12-6-8-1-2-11-13-8/h1-2,7,9H,3-6,10H2. The normalized spacial score (nSPS) is 27.2. The van der Waals surface area contributed by atoms with Gasteiger partial charge in [-0.25, -0.2) is 0 Å². The van der Waals surface area contributed by atoms with Gasteiger partial charge in [-0.15, -0.1) is 0 Å². The van der Waals surface area contributed by atoms with Crippen LogP contribution in [0.2, 0.25) is 0 Å². The van der Waals surface area contributed by atoms with Gasteiger partial charge in [-0.2, -0.15) is 0 Å². The van der Waals surface area contributed by atoms with E-state index in [1.807, 2.05) is 6.07 Å². The van der Waals surface area contributed by atoms with E-state index in [4.69, 9.17) is 15.0 Å². The van der Waals surface area contributed by atoms with E-state index in [1.165, 1.54) is 0 Å². The fourth-order valence-electron chi connectivity index (χ4n) is 1.52. The average molecular weight is 182 g/mol. The molecule has 0 unspecified atom stereocenters. The van der Waals surface area contributed by atoms with Crippen molar-refractivity contribution in [3.05, 3.63) is 18.0 Å². The van der Waals surface area contributed by atoms with E-state index in [-0.39, 0.29) is 0 Å². The Morgan fingerprint density at radius 1 is 1.62 bits per heavy atom. The Labute approximate surface area is 77.0 Å². The molecule has 1 fully saturated rings. The van der Waals surface area contributed by atoms with Crippen LogP contribution in [0.3, 0.4) is 0 Å². The Bertz CT molecular complexity index is 242. The van der Waals surface area contributed by atoms with Gasteiger partial charge in [0.15, 0.2) is 5.76 Å². The molecule has 0 saturated heterocycles. The van der Waals surface area contributed by atoms with Gasteiger partial charge in [0.25, 0.3) is 0 Å². The van der Waals surface area contributed by atoms with Crippen LogP contribution in [0.5, 0.6) is 0 Å². The number of aromatic nitrogens is 1. The lowest BCUT2D eigenvalue weighted by Crippen LogP contribution is -2.35. The third kappa shape index (κ3) is 2.08. The first-order valence-electron chi connectivity index (χ1n) is 4.59. The van der Waals surface area contributed by atoms with Crippen LogP contribution in [0, 0.1) is 5.92 Å². The van der Waals surface area contributed by atoms with Gasteiger partial charge in [-0.3, -0.25) is 0 Å². The fourth-order valence-corrected chi connectivity index (χ4v) is 1.52. The number of ether oxygens (including phenoxy) is 1. The third-order valence-corrected chi connectivity index (χ3v) is 2.48. The summed E-state index contributed by atoms with van der Waals surface area (Å²) < 4.78 is 10.5. The van der Waals surface area contributed by atoms with Crippen molar-refractivity contribution in [1.82, 2.24) is 5.16 Å². The van der Waals surface area contributed by atoms with Crippen molar-refractivity contribution in [3.63, 3.8) is 0 Å². The lowest BCUT2D eigenvalue weighted by atomic mass is 9.82. The van der Waals surface area contributed by atoms with Crippen molar-refractivity contribution in [2.45, 2.75) is 25.6 Å². The van der Waals surface area contributed by atoms with Crippen LogP contribution in [0.15, 0.2) is 16.8 Å². The SMILES string of the molecule is NCC1CC(OCc2ccno2)C1. The Kier molecular flexibility index (Phi) is 2.61. The maximum absolute atomic E-state index is 5.57. The minimum atomic E-state index is 0.374. The molecule has 0 atom stereocenters. The molecule has 2 rings (SSSR count). The predicted octanol–water partition coefficient (Wildman–Crippen LogP) is 0.928. The largest absolute Gasteiger partial charge is 0.370 e. The van der Waals surface area contributed by atoms with E-state index < -0.39 is 0 Å². The Hall–Kier alpha value is -0.870. The highest BCUT2D eigenvalue weighted by molar-refractivity contribution is 4.91. The van der Waals surface area contributed by atoms with E-state index in [9.17, 15) is 0 Å². The lowest BCUT2D eigenvalue weighted by Gasteiger charge is -2.33. The number of nitrogens with zero attached hydrogens (tertiary/aromatic N) is 1. The zero-order valence-corrected chi connectivity index (χ0v) is 7.48. The summed E-state index contributed by atoms with van der Waals surface area (Å²) in [6.07, 6.45) is 4.18. The second kappa shape index (κ2) is 3.89. The van der Waals surface area contributed by atoms with Crippen molar-refractivity contribution >= 4 is 0 Å². The maximum atomic E-state index is 5.57. The molecule has 1 aliphatic carbocycles. The van der Waals surface area contributed by atoms with Crippen LogP contribution in [-0.2, 0) is 11.3 Å². The van der Waals surface area contributed by atoms with Gasteiger partial charge in [0.2, 0.25) is 0 Å². The molecule has 2 N–H and O–H groups in total. The zero-order valence-electron chi connectivity index (χ0n) is 7.48. The van der Waals surface area contributed by atoms with Crippen LogP contribution in [0.25, 0.3) is 0 Å². The van der Waals surface area contributed by atoms with Crippen LogP contribution < -0.4 is 5.73 Å². The van der Waals surface area contributed by atoms with Gasteiger partial charge < -0.3 is 15.0 Å². The monoisotopic (exact) mass is 182 g/mol. The van der Waals surface area contributed by atoms with Crippen LogP contribution in [0.1, 0.15) is 18.6 Å². The summed E-state index contributed by atoms with van der Waals surface area (Å²) >= 11 is 0. The first kappa shape index (κ1) is 8.72. The molecule has 0 spiro atoms. The van der Waals surface area contributed by atoms with Crippen molar-refractivity contribution in [1.29, 1.82) is 0 Å². The highest BCUT2D eigenvalue weighted by atomic mass is 16.5. The molecule has 1 saturated carbocycles. The first-order chi connectivity index (χ1) is 6.38. The minimum absolute atomic E-state index is 0.374. The van der Waals surface area contributed by atoms with Gasteiger partial charge >= 0.3 is 0 Å². The Morgan fingerprint density at radius 2 is 2.46 bits per heavy atom. The first-order valence-corrected chi connectivity index (χ1v) is 4.59. The zero-order chi connectivity index (χ0) is 9.10. The summed E-state index contributed by atoms with van der Waals surface area (Å²) in [6.45, 7) is 1.31. The van der Waals surface area contributed by atoms with Gasteiger partial charge in [-0.05, 0) is 25.3 Å². The van der Waals surface area contributed by atoms with E-state index in [0.29, 0.717) is 18.6 Å². The van der Waals surface area contributed by atoms with Crippen molar-refractivity contribution in [3.8, 4) is 0 Å². The highest BCUT2D eigenvalue weighted by Crippen LogP contribution is 2.29. The average Bonchev–Trinajstić information content (AvgIpc) is 2.54. The second-order valence-electron chi connectivity index (χ2n) is 3.48. The predicted molar refractivity (Wildman–Crippen MR) is 46.9 cm³/mol. The van der Waals surface area contributed by atoms with Crippen LogP contribution in [-0.4, -0.2) is 17.8 Å². The summed E-state index contributed by atoms with van der Waals surface area (Å²) in [5.74, 6) is 1.45. The third-order valence-electron chi connectivity index (χ3n) is 2.48. The van der Waals surface area contributed by atoms with Gasteiger partial charge in [0.05, 0.1) is 12.3 Å². The van der Waals surface area contributed by atoms with Crippen LogP contribution >= 0.6 is 0 Å². The number of rotatable bonds is 4. The second-order valence-corrected chi connectivity index (χ2v) is 3.48. The van der Waals surface area contributed by atoms with Gasteiger partial charge in [0.1, 0.15) is 6.61 Å². The molecule has 4 heteroatoms. The van der Waals surface area contributed by atoms with Gasteiger partial charge in [-0.1, -0.05) is 5.16 Å². The molecule has 0 amide bonds. The molecule has 1 aromatic heterocycles. The summed E-state index contributed by atoms with van der Waals surface area (Å²) in [5, 5.41) is 3.60. The number of nitrogens with two attached hydrogens (primary N) is 1. The molecule has 4 nitrogen and oxygen atoms in total. The summed E-state index contributed by atoms with van der Waals surface area (Å²) in [6, 6.07) is 1.82. The van der Waals surface area contributed by atoms with Crippen molar-refractivity contribution in [2.75, 3.05) is 6.54 Å². The Balaban J connectivity index is 1.65. The topological polar surface area (TPSA) is 61.3 Å². The van der Waals surface area contributed by atoms with E-state index in [1.54, 1.807) is 6.20 Å². The molecule has 1 aliphatic rings. The summed E-state index contributed by atoms with van der Waals surface area (Å²) in [7, 11) is 0. The number of hydrogen-bond acceptors (Lipinski definition) is 4. The molecule has 0 bridgehead atoms. The van der Waals surface area contributed by atoms with Gasteiger partial charge in [0, 0.05) is 6.07 Å². The molecule has 13 heavy (non-hydrogen) atoms. The molecular weight excluding hydrogens is 168 g/mol. The van der Waals surface area contributed by atoms with Crippen molar-refractivity contribution in [2.24, 2.45) is 11.7 Å². The molecule has 0 radical (unpaired) electrons. The molecule has 72 valence electrons. The molecule has 1 heterocycles. The molecule has 1 aromatic rings. The van der Waals surface area contributed by atoms with E-state index >= 15 is 0 Å². The van der Waals surface area contributed by atoms with E-state index in [0.717, 1.165) is 25.1 Å². The quantitative estimate of drug-likeness (QED) is 0.752. The summed E-state index contributed by atoms with van der Waals surface area (Å²) in [4.78, 5) is 0. The Morgan fingerprint density at radius 3 is 3.08 bits per heavy atom. The van der Waals surface area contributed by atoms with Crippen LogP contribution in [0.4, 0.5) is 0 Å². The van der Waals surface area contributed by atoms with E-state index in [2.05, 4.69) is 5.16 Å². The molecular formula is C9H14N2O2. The maximum Gasteiger partial charge on any atom is 0.162 e. The number of hydrogen-bond donors (Lipinski definition) is 1. The highest BCUT2D eigenvalue weighted by Gasteiger charge is 2.28. The molecule has 0 aliphatic heterocycles. The minimum Gasteiger partial charge on any atom is -0.370 e. The smallest absolute Gasteiger partial charge is 0.162 e. The fraction of sp³-hybridized carbons (Fsp3) is 0.667.